The lowest BCUT2D eigenvalue weighted by atomic mass is 9.95. The van der Waals surface area contributed by atoms with E-state index < -0.39 is 11.7 Å². The highest BCUT2D eigenvalue weighted by Gasteiger charge is 2.28. The van der Waals surface area contributed by atoms with Crippen molar-refractivity contribution in [1.82, 2.24) is 0 Å². The lowest BCUT2D eigenvalue weighted by molar-refractivity contribution is -0.0951. The Balaban J connectivity index is 3.17. The van der Waals surface area contributed by atoms with E-state index in [0.29, 0.717) is 6.42 Å². The van der Waals surface area contributed by atoms with E-state index in [1.54, 1.807) is 0 Å². The SMILES string of the molecule is CCCCCCCCCCCCCCCCCCC(O)C(C)(O)CO. The van der Waals surface area contributed by atoms with Crippen molar-refractivity contribution in [3.05, 3.63) is 0 Å². The fraction of sp³-hybridized carbons (Fsp3) is 1.00. The molecule has 0 saturated carbocycles. The van der Waals surface area contributed by atoms with Crippen molar-refractivity contribution in [2.45, 2.75) is 135 Å². The van der Waals surface area contributed by atoms with Crippen LogP contribution in [0.3, 0.4) is 0 Å². The Morgan fingerprint density at radius 2 is 0.960 bits per heavy atom. The summed E-state index contributed by atoms with van der Waals surface area (Å²) in [5, 5.41) is 28.5. The van der Waals surface area contributed by atoms with Gasteiger partial charge in [-0.1, -0.05) is 110 Å². The average molecular weight is 359 g/mol. The van der Waals surface area contributed by atoms with Gasteiger partial charge in [-0.25, -0.2) is 0 Å². The summed E-state index contributed by atoms with van der Waals surface area (Å²) >= 11 is 0. The zero-order valence-electron chi connectivity index (χ0n) is 17.1. The highest BCUT2D eigenvalue weighted by atomic mass is 16.4. The maximum Gasteiger partial charge on any atom is 0.111 e. The first-order valence-electron chi connectivity index (χ1n) is 11.1. The molecular formula is C22H46O3. The van der Waals surface area contributed by atoms with E-state index >= 15 is 0 Å². The minimum absolute atomic E-state index is 0.382. The summed E-state index contributed by atoms with van der Waals surface area (Å²) in [7, 11) is 0. The lowest BCUT2D eigenvalue weighted by Crippen LogP contribution is -2.42. The number of hydrogen-bond donors (Lipinski definition) is 3. The van der Waals surface area contributed by atoms with Gasteiger partial charge in [0.1, 0.15) is 5.60 Å². The van der Waals surface area contributed by atoms with E-state index in [-0.39, 0.29) is 6.61 Å². The normalized spacial score (nSPS) is 15.2. The largest absolute Gasteiger partial charge is 0.393 e. The number of unbranched alkanes of at least 4 members (excludes halogenated alkanes) is 15. The molecule has 0 aromatic rings. The Morgan fingerprint density at radius 1 is 0.640 bits per heavy atom. The molecule has 0 aliphatic rings. The summed E-state index contributed by atoms with van der Waals surface area (Å²) in [6.45, 7) is 3.38. The Labute approximate surface area is 157 Å². The van der Waals surface area contributed by atoms with Crippen molar-refractivity contribution < 1.29 is 15.3 Å². The van der Waals surface area contributed by atoms with Crippen molar-refractivity contribution in [2.24, 2.45) is 0 Å². The van der Waals surface area contributed by atoms with Crippen molar-refractivity contribution in [3.63, 3.8) is 0 Å². The van der Waals surface area contributed by atoms with Gasteiger partial charge in [0, 0.05) is 0 Å². The van der Waals surface area contributed by atoms with Crippen LogP contribution in [-0.4, -0.2) is 33.6 Å². The molecule has 152 valence electrons. The van der Waals surface area contributed by atoms with E-state index in [1.165, 1.54) is 96.8 Å². The van der Waals surface area contributed by atoms with E-state index in [1.807, 2.05) is 0 Å². The van der Waals surface area contributed by atoms with Gasteiger partial charge in [0.05, 0.1) is 12.7 Å². The van der Waals surface area contributed by atoms with Gasteiger partial charge in [-0.15, -0.1) is 0 Å². The summed E-state index contributed by atoms with van der Waals surface area (Å²) in [6.07, 6.45) is 21.1. The molecule has 0 aliphatic heterocycles. The van der Waals surface area contributed by atoms with Crippen LogP contribution in [-0.2, 0) is 0 Å². The van der Waals surface area contributed by atoms with Gasteiger partial charge in [0.2, 0.25) is 0 Å². The van der Waals surface area contributed by atoms with Crippen LogP contribution < -0.4 is 0 Å². The van der Waals surface area contributed by atoms with Crippen LogP contribution in [0.1, 0.15) is 123 Å². The van der Waals surface area contributed by atoms with Crippen LogP contribution in [0.5, 0.6) is 0 Å². The number of aliphatic hydroxyl groups is 3. The van der Waals surface area contributed by atoms with E-state index in [0.717, 1.165) is 12.8 Å². The molecule has 0 radical (unpaired) electrons. The Hall–Kier alpha value is -0.120. The summed E-state index contributed by atoms with van der Waals surface area (Å²) < 4.78 is 0. The zero-order chi connectivity index (χ0) is 18.8. The third-order valence-corrected chi connectivity index (χ3v) is 5.37. The summed E-state index contributed by atoms with van der Waals surface area (Å²) in [5.74, 6) is 0. The molecule has 0 fully saturated rings. The quantitative estimate of drug-likeness (QED) is 0.258. The molecule has 0 aromatic heterocycles. The van der Waals surface area contributed by atoms with Gasteiger partial charge in [-0.05, 0) is 13.3 Å². The molecule has 2 atom stereocenters. The Morgan fingerprint density at radius 3 is 1.28 bits per heavy atom. The van der Waals surface area contributed by atoms with Crippen LogP contribution in [0.2, 0.25) is 0 Å². The van der Waals surface area contributed by atoms with E-state index in [9.17, 15) is 10.2 Å². The van der Waals surface area contributed by atoms with Gasteiger partial charge < -0.3 is 15.3 Å². The van der Waals surface area contributed by atoms with Crippen molar-refractivity contribution in [2.75, 3.05) is 6.61 Å². The monoisotopic (exact) mass is 358 g/mol. The molecule has 0 spiro atoms. The molecule has 25 heavy (non-hydrogen) atoms. The fourth-order valence-corrected chi connectivity index (χ4v) is 3.30. The van der Waals surface area contributed by atoms with Gasteiger partial charge in [-0.2, -0.15) is 0 Å². The maximum atomic E-state index is 9.78. The van der Waals surface area contributed by atoms with E-state index in [2.05, 4.69) is 6.92 Å². The molecule has 3 nitrogen and oxygen atoms in total. The number of hydrogen-bond acceptors (Lipinski definition) is 3. The number of rotatable bonds is 19. The van der Waals surface area contributed by atoms with Crippen molar-refractivity contribution in [3.8, 4) is 0 Å². The standard InChI is InChI=1S/C22H46O3/c1-3-4-5-6-7-8-9-10-11-12-13-14-15-16-17-18-19-21(24)22(2,25)20-23/h21,23-25H,3-20H2,1-2H3. The second-order valence-corrected chi connectivity index (χ2v) is 8.12. The summed E-state index contributed by atoms with van der Waals surface area (Å²) in [4.78, 5) is 0. The average Bonchev–Trinajstić information content (AvgIpc) is 2.61. The molecule has 0 saturated heterocycles. The van der Waals surface area contributed by atoms with E-state index in [4.69, 9.17) is 5.11 Å². The van der Waals surface area contributed by atoms with Crippen LogP contribution in [0.4, 0.5) is 0 Å². The molecule has 0 aromatic carbocycles. The molecule has 0 heterocycles. The third kappa shape index (κ3) is 15.8. The molecule has 0 bridgehead atoms. The minimum Gasteiger partial charge on any atom is -0.393 e. The molecule has 0 aliphatic carbocycles. The maximum absolute atomic E-state index is 9.78. The summed E-state index contributed by atoms with van der Waals surface area (Å²) in [6, 6.07) is 0. The topological polar surface area (TPSA) is 60.7 Å². The van der Waals surface area contributed by atoms with Gasteiger partial charge in [0.25, 0.3) is 0 Å². The molecule has 3 N–H and O–H groups in total. The summed E-state index contributed by atoms with van der Waals surface area (Å²) in [5.41, 5.74) is -1.35. The number of aliphatic hydroxyl groups excluding tert-OH is 2. The lowest BCUT2D eigenvalue weighted by Gasteiger charge is -2.26. The first-order chi connectivity index (χ1) is 12.0. The van der Waals surface area contributed by atoms with Crippen molar-refractivity contribution >= 4 is 0 Å². The molecular weight excluding hydrogens is 312 g/mol. The molecule has 0 amide bonds. The smallest absolute Gasteiger partial charge is 0.111 e. The first-order valence-corrected chi connectivity index (χ1v) is 11.1. The van der Waals surface area contributed by atoms with Gasteiger partial charge >= 0.3 is 0 Å². The minimum atomic E-state index is -1.35. The second kappa shape index (κ2) is 17.3. The highest BCUT2D eigenvalue weighted by molar-refractivity contribution is 4.80. The Bertz CT molecular complexity index is 266. The Kier molecular flexibility index (Phi) is 17.2. The molecule has 2 unspecified atom stereocenters. The van der Waals surface area contributed by atoms with Gasteiger partial charge in [0.15, 0.2) is 0 Å². The van der Waals surface area contributed by atoms with Crippen LogP contribution in [0.25, 0.3) is 0 Å². The van der Waals surface area contributed by atoms with Crippen molar-refractivity contribution in [1.29, 1.82) is 0 Å². The van der Waals surface area contributed by atoms with Crippen LogP contribution in [0.15, 0.2) is 0 Å². The predicted molar refractivity (Wildman–Crippen MR) is 108 cm³/mol. The van der Waals surface area contributed by atoms with Crippen LogP contribution >= 0.6 is 0 Å². The fourth-order valence-electron chi connectivity index (χ4n) is 3.30. The second-order valence-electron chi connectivity index (χ2n) is 8.12. The predicted octanol–water partition coefficient (Wildman–Crippen LogP) is 5.74. The van der Waals surface area contributed by atoms with Gasteiger partial charge in [-0.3, -0.25) is 0 Å². The molecule has 3 heteroatoms. The zero-order valence-corrected chi connectivity index (χ0v) is 17.1. The van der Waals surface area contributed by atoms with Crippen LogP contribution in [0, 0.1) is 0 Å². The molecule has 0 rings (SSSR count). The highest BCUT2D eigenvalue weighted by Crippen LogP contribution is 2.17. The third-order valence-electron chi connectivity index (χ3n) is 5.37. The first kappa shape index (κ1) is 24.9.